The van der Waals surface area contributed by atoms with Crippen molar-refractivity contribution in [2.45, 2.75) is 26.2 Å². The van der Waals surface area contributed by atoms with Crippen molar-refractivity contribution in [3.8, 4) is 22.8 Å². The predicted octanol–water partition coefficient (Wildman–Crippen LogP) is 3.21. The van der Waals surface area contributed by atoms with Gasteiger partial charge in [-0.1, -0.05) is 30.3 Å². The monoisotopic (exact) mass is 348 g/mol. The number of carbonyl (C=O) groups excluding carboxylic acids is 1. The number of fused-ring (bicyclic) bond motifs is 3. The van der Waals surface area contributed by atoms with Crippen LogP contribution in [0, 0.1) is 0 Å². The first kappa shape index (κ1) is 16.4. The van der Waals surface area contributed by atoms with Crippen molar-refractivity contribution in [2.24, 2.45) is 7.05 Å². The van der Waals surface area contributed by atoms with E-state index in [1.807, 2.05) is 43.6 Å². The SMILES string of the molecule is CCOC(=O)c1nn(C)c2c1CCCc1cnc(-c3ccccc3)nc1-2. The smallest absolute Gasteiger partial charge is 0.359 e. The van der Waals surface area contributed by atoms with Crippen molar-refractivity contribution >= 4 is 5.97 Å². The van der Waals surface area contributed by atoms with Crippen LogP contribution in [0.4, 0.5) is 0 Å². The van der Waals surface area contributed by atoms with Gasteiger partial charge in [-0.25, -0.2) is 14.8 Å². The van der Waals surface area contributed by atoms with Crippen LogP contribution in [0.1, 0.15) is 35.0 Å². The van der Waals surface area contributed by atoms with Gasteiger partial charge in [0.2, 0.25) is 0 Å². The lowest BCUT2D eigenvalue weighted by molar-refractivity contribution is 0.0517. The van der Waals surface area contributed by atoms with Gasteiger partial charge in [0.15, 0.2) is 11.5 Å². The number of aromatic nitrogens is 4. The molecule has 0 aliphatic heterocycles. The lowest BCUT2D eigenvalue weighted by Gasteiger charge is -2.09. The van der Waals surface area contributed by atoms with Gasteiger partial charge < -0.3 is 4.74 Å². The zero-order chi connectivity index (χ0) is 18.1. The molecule has 0 amide bonds. The highest BCUT2D eigenvalue weighted by Crippen LogP contribution is 2.33. The zero-order valence-electron chi connectivity index (χ0n) is 14.9. The summed E-state index contributed by atoms with van der Waals surface area (Å²) in [5.74, 6) is 0.307. The summed E-state index contributed by atoms with van der Waals surface area (Å²) >= 11 is 0. The van der Waals surface area contributed by atoms with E-state index >= 15 is 0 Å². The van der Waals surface area contributed by atoms with Crippen molar-refractivity contribution in [3.63, 3.8) is 0 Å². The molecule has 4 rings (SSSR count). The maximum absolute atomic E-state index is 12.3. The van der Waals surface area contributed by atoms with Gasteiger partial charge in [-0.05, 0) is 31.7 Å². The van der Waals surface area contributed by atoms with Crippen molar-refractivity contribution in [2.75, 3.05) is 6.61 Å². The van der Waals surface area contributed by atoms with Gasteiger partial charge in [-0.2, -0.15) is 5.10 Å². The highest BCUT2D eigenvalue weighted by Gasteiger charge is 2.28. The van der Waals surface area contributed by atoms with E-state index in [2.05, 4.69) is 10.1 Å². The van der Waals surface area contributed by atoms with Crippen LogP contribution in [-0.2, 0) is 24.6 Å². The summed E-state index contributed by atoms with van der Waals surface area (Å²) in [4.78, 5) is 21.7. The average Bonchev–Trinajstić information content (AvgIpc) is 2.87. The standard InChI is InChI=1S/C20H20N4O2/c1-3-26-20(25)17-15-11-7-10-14-12-21-19(13-8-5-4-6-9-13)22-16(14)18(15)24(2)23-17/h4-6,8-9,12H,3,7,10-11H2,1-2H3. The van der Waals surface area contributed by atoms with Crippen LogP contribution in [0.15, 0.2) is 36.5 Å². The lowest BCUT2D eigenvalue weighted by atomic mass is 10.1. The predicted molar refractivity (Wildman–Crippen MR) is 97.7 cm³/mol. The molecule has 0 unspecified atom stereocenters. The minimum Gasteiger partial charge on any atom is -0.461 e. The summed E-state index contributed by atoms with van der Waals surface area (Å²) in [6.45, 7) is 2.13. The molecule has 3 aromatic rings. The summed E-state index contributed by atoms with van der Waals surface area (Å²) in [5, 5.41) is 4.44. The second-order valence-electron chi connectivity index (χ2n) is 6.31. The molecule has 0 radical (unpaired) electrons. The Morgan fingerprint density at radius 2 is 2.04 bits per heavy atom. The van der Waals surface area contributed by atoms with E-state index in [-0.39, 0.29) is 5.97 Å². The number of benzene rings is 1. The maximum Gasteiger partial charge on any atom is 0.359 e. The second kappa shape index (κ2) is 6.71. The van der Waals surface area contributed by atoms with Crippen molar-refractivity contribution in [1.82, 2.24) is 19.7 Å². The summed E-state index contributed by atoms with van der Waals surface area (Å²) in [5.41, 5.74) is 5.12. The fraction of sp³-hybridized carbons (Fsp3) is 0.300. The summed E-state index contributed by atoms with van der Waals surface area (Å²) < 4.78 is 6.93. The topological polar surface area (TPSA) is 69.9 Å². The molecule has 2 aromatic heterocycles. The normalized spacial score (nSPS) is 12.8. The molecule has 2 heterocycles. The van der Waals surface area contributed by atoms with E-state index in [0.29, 0.717) is 18.1 Å². The highest BCUT2D eigenvalue weighted by molar-refractivity contribution is 5.91. The van der Waals surface area contributed by atoms with Gasteiger partial charge in [0.1, 0.15) is 0 Å². The Morgan fingerprint density at radius 1 is 1.23 bits per heavy atom. The molecular formula is C20H20N4O2. The second-order valence-corrected chi connectivity index (χ2v) is 6.31. The minimum atomic E-state index is -0.370. The van der Waals surface area contributed by atoms with E-state index in [1.54, 1.807) is 11.6 Å². The molecule has 0 bridgehead atoms. The summed E-state index contributed by atoms with van der Waals surface area (Å²) in [6, 6.07) is 9.90. The number of esters is 1. The molecule has 6 heteroatoms. The van der Waals surface area contributed by atoms with E-state index in [1.165, 1.54) is 0 Å². The number of nitrogens with zero attached hydrogens (tertiary/aromatic N) is 4. The van der Waals surface area contributed by atoms with Crippen molar-refractivity contribution < 1.29 is 9.53 Å². The first-order chi connectivity index (χ1) is 12.7. The first-order valence-corrected chi connectivity index (χ1v) is 8.83. The van der Waals surface area contributed by atoms with Crippen LogP contribution in [0.5, 0.6) is 0 Å². The molecule has 6 nitrogen and oxygen atoms in total. The summed E-state index contributed by atoms with van der Waals surface area (Å²) in [6.07, 6.45) is 4.47. The number of ether oxygens (including phenoxy) is 1. The van der Waals surface area contributed by atoms with Gasteiger partial charge >= 0.3 is 5.97 Å². The fourth-order valence-electron chi connectivity index (χ4n) is 3.44. The Hall–Kier alpha value is -3.02. The number of hydrogen-bond acceptors (Lipinski definition) is 5. The van der Waals surface area contributed by atoms with Gasteiger partial charge in [0.25, 0.3) is 0 Å². The Morgan fingerprint density at radius 3 is 2.81 bits per heavy atom. The van der Waals surface area contributed by atoms with Crippen LogP contribution in [0.2, 0.25) is 0 Å². The molecule has 0 spiro atoms. The van der Waals surface area contributed by atoms with Crippen LogP contribution < -0.4 is 0 Å². The largest absolute Gasteiger partial charge is 0.461 e. The van der Waals surface area contributed by atoms with Crippen molar-refractivity contribution in [1.29, 1.82) is 0 Å². The van der Waals surface area contributed by atoms with Crippen LogP contribution >= 0.6 is 0 Å². The molecule has 0 N–H and O–H groups in total. The lowest BCUT2D eigenvalue weighted by Crippen LogP contribution is -2.08. The number of hydrogen-bond donors (Lipinski definition) is 0. The fourth-order valence-corrected chi connectivity index (χ4v) is 3.44. The highest BCUT2D eigenvalue weighted by atomic mass is 16.5. The maximum atomic E-state index is 12.3. The molecule has 1 aliphatic carbocycles. The van der Waals surface area contributed by atoms with Gasteiger partial charge in [-0.15, -0.1) is 0 Å². The number of aryl methyl sites for hydroxylation is 2. The van der Waals surface area contributed by atoms with Gasteiger partial charge in [-0.3, -0.25) is 4.68 Å². The Labute approximate surface area is 151 Å². The van der Waals surface area contributed by atoms with E-state index < -0.39 is 0 Å². The average molecular weight is 348 g/mol. The molecule has 1 aliphatic rings. The Balaban J connectivity index is 1.88. The molecule has 0 atom stereocenters. The Kier molecular flexibility index (Phi) is 4.24. The van der Waals surface area contributed by atoms with E-state index in [4.69, 9.17) is 9.72 Å². The van der Waals surface area contributed by atoms with Crippen LogP contribution in [0.25, 0.3) is 22.8 Å². The van der Waals surface area contributed by atoms with Gasteiger partial charge in [0, 0.05) is 24.4 Å². The molecule has 1 aromatic carbocycles. The molecule has 0 saturated heterocycles. The first-order valence-electron chi connectivity index (χ1n) is 8.83. The van der Waals surface area contributed by atoms with E-state index in [9.17, 15) is 4.79 Å². The molecular weight excluding hydrogens is 328 g/mol. The molecule has 26 heavy (non-hydrogen) atoms. The third-order valence-corrected chi connectivity index (χ3v) is 4.61. The number of carbonyl (C=O) groups is 1. The van der Waals surface area contributed by atoms with Crippen LogP contribution in [0.3, 0.4) is 0 Å². The van der Waals surface area contributed by atoms with Crippen molar-refractivity contribution in [3.05, 3.63) is 53.3 Å². The zero-order valence-corrected chi connectivity index (χ0v) is 14.9. The molecule has 132 valence electrons. The molecule has 0 fully saturated rings. The third kappa shape index (κ3) is 2.77. The molecule has 0 saturated carbocycles. The number of rotatable bonds is 3. The third-order valence-electron chi connectivity index (χ3n) is 4.61. The summed E-state index contributed by atoms with van der Waals surface area (Å²) in [7, 11) is 1.85. The van der Waals surface area contributed by atoms with Crippen LogP contribution in [-0.4, -0.2) is 32.3 Å². The Bertz CT molecular complexity index is 963. The quantitative estimate of drug-likeness (QED) is 0.680. The van der Waals surface area contributed by atoms with Gasteiger partial charge in [0.05, 0.1) is 18.0 Å². The van der Waals surface area contributed by atoms with E-state index in [0.717, 1.165) is 47.3 Å². The minimum absolute atomic E-state index is 0.334.